The molecule has 23 heavy (non-hydrogen) atoms. The van der Waals surface area contributed by atoms with Crippen molar-refractivity contribution in [2.75, 3.05) is 0 Å². The van der Waals surface area contributed by atoms with Crippen molar-refractivity contribution in [3.63, 3.8) is 0 Å². The highest BCUT2D eigenvalue weighted by Gasteiger charge is 2.44. The molecule has 0 saturated heterocycles. The minimum absolute atomic E-state index is 0.410. The minimum Gasteiger partial charge on any atom is -0.479 e. The summed E-state index contributed by atoms with van der Waals surface area (Å²) in [4.78, 5) is 16.4. The van der Waals surface area contributed by atoms with Crippen LogP contribution in [0.25, 0.3) is 17.4 Å². The molecule has 1 aliphatic carbocycles. The zero-order valence-corrected chi connectivity index (χ0v) is 12.8. The zero-order chi connectivity index (χ0) is 16.0. The molecule has 1 aliphatic heterocycles. The maximum atomic E-state index is 12.3. The van der Waals surface area contributed by atoms with E-state index in [0.717, 1.165) is 18.4 Å². The number of aliphatic hydroxyl groups excluding tert-OH is 1. The fourth-order valence-electron chi connectivity index (χ4n) is 3.32. The normalized spacial score (nSPS) is 25.8. The molecule has 2 aromatic heterocycles. The molecule has 0 bridgehead atoms. The van der Waals surface area contributed by atoms with E-state index < -0.39 is 17.3 Å². The van der Waals surface area contributed by atoms with E-state index >= 15 is 0 Å². The summed E-state index contributed by atoms with van der Waals surface area (Å²) in [6.45, 7) is 1.88. The first-order valence-corrected chi connectivity index (χ1v) is 7.74. The summed E-state index contributed by atoms with van der Waals surface area (Å²) >= 11 is 0. The molecule has 2 unspecified atom stereocenters. The summed E-state index contributed by atoms with van der Waals surface area (Å²) in [5.74, 6) is 0.861. The van der Waals surface area contributed by atoms with Gasteiger partial charge in [-0.15, -0.1) is 0 Å². The molecule has 3 heterocycles. The Balaban J connectivity index is 1.86. The average molecular weight is 311 g/mol. The van der Waals surface area contributed by atoms with Crippen LogP contribution in [-0.4, -0.2) is 21.8 Å². The van der Waals surface area contributed by atoms with Gasteiger partial charge in [-0.2, -0.15) is 0 Å². The third kappa shape index (κ3) is 2.19. The van der Waals surface area contributed by atoms with Gasteiger partial charge >= 0.3 is 5.63 Å². The fraction of sp³-hybridized carbons (Fsp3) is 0.333. The highest BCUT2D eigenvalue weighted by molar-refractivity contribution is 5.67. The van der Waals surface area contributed by atoms with Gasteiger partial charge in [-0.3, -0.25) is 4.98 Å². The van der Waals surface area contributed by atoms with Gasteiger partial charge in [-0.1, -0.05) is 0 Å². The Morgan fingerprint density at radius 3 is 3.09 bits per heavy atom. The number of rotatable bonds is 1. The zero-order valence-electron chi connectivity index (χ0n) is 12.8. The molecule has 118 valence electrons. The topological polar surface area (TPSA) is 72.6 Å². The lowest BCUT2D eigenvalue weighted by Gasteiger charge is -2.43. The molecule has 0 amide bonds. The van der Waals surface area contributed by atoms with Gasteiger partial charge in [0.15, 0.2) is 5.60 Å². The first-order valence-electron chi connectivity index (χ1n) is 7.74. The van der Waals surface area contributed by atoms with E-state index in [1.165, 1.54) is 0 Å². The number of fused-ring (bicyclic) bond motifs is 2. The Kier molecular flexibility index (Phi) is 3.13. The molecule has 4 rings (SSSR count). The fourth-order valence-corrected chi connectivity index (χ4v) is 3.32. The van der Waals surface area contributed by atoms with Gasteiger partial charge in [-0.25, -0.2) is 4.79 Å². The monoisotopic (exact) mass is 311 g/mol. The van der Waals surface area contributed by atoms with E-state index in [1.807, 2.05) is 19.1 Å². The number of hydrogen-bond acceptors (Lipinski definition) is 5. The van der Waals surface area contributed by atoms with Crippen LogP contribution in [0.1, 0.15) is 31.7 Å². The van der Waals surface area contributed by atoms with E-state index in [-0.39, 0.29) is 0 Å². The number of nitrogens with zero attached hydrogens (tertiary/aromatic N) is 1. The molecule has 2 atom stereocenters. The molecule has 5 nitrogen and oxygen atoms in total. The third-order valence-corrected chi connectivity index (χ3v) is 4.73. The smallest absolute Gasteiger partial charge is 0.347 e. The first kappa shape index (κ1) is 14.2. The van der Waals surface area contributed by atoms with Crippen molar-refractivity contribution in [1.29, 1.82) is 0 Å². The highest BCUT2D eigenvalue weighted by atomic mass is 16.5. The van der Waals surface area contributed by atoms with Crippen LogP contribution in [0.2, 0.25) is 0 Å². The number of ether oxygens (including phenoxy) is 1. The summed E-state index contributed by atoms with van der Waals surface area (Å²) in [5.41, 5.74) is 0.867. The van der Waals surface area contributed by atoms with E-state index in [2.05, 4.69) is 4.98 Å². The van der Waals surface area contributed by atoms with Crippen LogP contribution < -0.4 is 10.4 Å². The molecule has 0 spiro atoms. The lowest BCUT2D eigenvalue weighted by atomic mass is 9.77. The Morgan fingerprint density at radius 2 is 2.30 bits per heavy atom. The molecular weight excluding hydrogens is 294 g/mol. The first-order chi connectivity index (χ1) is 11.1. The highest BCUT2D eigenvalue weighted by Crippen LogP contribution is 2.43. The van der Waals surface area contributed by atoms with Crippen LogP contribution in [0.4, 0.5) is 0 Å². The second-order valence-corrected chi connectivity index (χ2v) is 6.20. The molecule has 5 heteroatoms. The van der Waals surface area contributed by atoms with E-state index in [9.17, 15) is 9.90 Å². The second kappa shape index (κ2) is 5.06. The van der Waals surface area contributed by atoms with Crippen molar-refractivity contribution in [1.82, 2.24) is 4.98 Å². The van der Waals surface area contributed by atoms with Gasteiger partial charge in [-0.05, 0) is 50.0 Å². The van der Waals surface area contributed by atoms with Crippen molar-refractivity contribution in [2.45, 2.75) is 37.9 Å². The van der Waals surface area contributed by atoms with Crippen molar-refractivity contribution in [3.8, 4) is 17.1 Å². The number of aliphatic hydroxyl groups is 1. The quantitative estimate of drug-likeness (QED) is 0.876. The van der Waals surface area contributed by atoms with Gasteiger partial charge in [0, 0.05) is 24.0 Å². The Bertz CT molecular complexity index is 840. The molecule has 1 fully saturated rings. The van der Waals surface area contributed by atoms with E-state index in [4.69, 9.17) is 9.15 Å². The van der Waals surface area contributed by atoms with Crippen LogP contribution >= 0.6 is 0 Å². The van der Waals surface area contributed by atoms with Gasteiger partial charge in [0.05, 0.1) is 6.10 Å². The SMILES string of the molecule is CC12Oc3cc(-c4cccnc4)oc(=O)c3C=C1CCCC2O. The van der Waals surface area contributed by atoms with Crippen LogP contribution in [0.5, 0.6) is 5.75 Å². The molecule has 0 radical (unpaired) electrons. The molecule has 2 aromatic rings. The van der Waals surface area contributed by atoms with Crippen LogP contribution in [0.3, 0.4) is 0 Å². The summed E-state index contributed by atoms with van der Waals surface area (Å²) in [6.07, 6.45) is 6.93. The number of pyridine rings is 1. The van der Waals surface area contributed by atoms with Gasteiger partial charge in [0.2, 0.25) is 0 Å². The Morgan fingerprint density at radius 1 is 1.43 bits per heavy atom. The van der Waals surface area contributed by atoms with Crippen molar-refractivity contribution in [2.24, 2.45) is 0 Å². The Hall–Kier alpha value is -2.40. The summed E-state index contributed by atoms with van der Waals surface area (Å²) < 4.78 is 11.5. The minimum atomic E-state index is -0.773. The maximum absolute atomic E-state index is 12.3. The van der Waals surface area contributed by atoms with Gasteiger partial charge in [0.25, 0.3) is 0 Å². The second-order valence-electron chi connectivity index (χ2n) is 6.20. The van der Waals surface area contributed by atoms with Crippen LogP contribution in [0, 0.1) is 0 Å². The largest absolute Gasteiger partial charge is 0.479 e. The van der Waals surface area contributed by atoms with Crippen molar-refractivity contribution >= 4 is 6.08 Å². The molecule has 1 N–H and O–H groups in total. The maximum Gasteiger partial charge on any atom is 0.347 e. The van der Waals surface area contributed by atoms with Crippen molar-refractivity contribution < 1.29 is 14.3 Å². The van der Waals surface area contributed by atoms with Crippen molar-refractivity contribution in [3.05, 3.63) is 52.1 Å². The summed E-state index contributed by atoms with van der Waals surface area (Å²) in [6, 6.07) is 5.30. The molecule has 2 aliphatic rings. The standard InChI is InChI=1S/C18H17NO4/c1-18-12(5-2-6-16(18)20)8-13-15(23-18)9-14(22-17(13)21)11-4-3-7-19-10-11/h3-4,7-10,16,20H,2,5-6H2,1H3. The van der Waals surface area contributed by atoms with Crippen LogP contribution in [0.15, 0.2) is 45.4 Å². The lowest BCUT2D eigenvalue weighted by molar-refractivity contribution is -0.0356. The number of hydrogen-bond donors (Lipinski definition) is 1. The third-order valence-electron chi connectivity index (χ3n) is 4.73. The van der Waals surface area contributed by atoms with Gasteiger partial charge < -0.3 is 14.3 Å². The predicted octanol–water partition coefficient (Wildman–Crippen LogP) is 2.78. The van der Waals surface area contributed by atoms with E-state index in [1.54, 1.807) is 24.5 Å². The number of aromatic nitrogens is 1. The summed E-state index contributed by atoms with van der Waals surface area (Å²) in [5, 5.41) is 10.4. The van der Waals surface area contributed by atoms with E-state index in [0.29, 0.717) is 29.1 Å². The predicted molar refractivity (Wildman–Crippen MR) is 85.1 cm³/mol. The molecule has 1 saturated carbocycles. The molecular formula is C18H17NO4. The average Bonchev–Trinajstić information content (AvgIpc) is 2.55. The van der Waals surface area contributed by atoms with Crippen LogP contribution in [-0.2, 0) is 0 Å². The molecule has 0 aromatic carbocycles. The van der Waals surface area contributed by atoms with Gasteiger partial charge in [0.1, 0.15) is 17.1 Å². The lowest BCUT2D eigenvalue weighted by Crippen LogP contribution is -2.50. The summed E-state index contributed by atoms with van der Waals surface area (Å²) in [7, 11) is 0. The Labute approximate surface area is 133 Å².